The Morgan fingerprint density at radius 3 is 3.14 bits per heavy atom. The van der Waals surface area contributed by atoms with Crippen molar-refractivity contribution in [2.45, 2.75) is 30.0 Å². The van der Waals surface area contributed by atoms with Crippen molar-refractivity contribution in [1.29, 1.82) is 0 Å². The molecule has 1 amide bonds. The van der Waals surface area contributed by atoms with E-state index in [4.69, 9.17) is 0 Å². The van der Waals surface area contributed by atoms with Crippen molar-refractivity contribution in [1.82, 2.24) is 25.5 Å². The second-order valence-electron chi connectivity index (χ2n) is 3.52. The lowest BCUT2D eigenvalue weighted by Crippen LogP contribution is -2.48. The van der Waals surface area contributed by atoms with Gasteiger partial charge in [0.05, 0.1) is 11.8 Å². The highest BCUT2D eigenvalue weighted by molar-refractivity contribution is 8.00. The molecule has 6 nitrogen and oxygen atoms in total. The fraction of sp³-hybridized carbons (Fsp3) is 0.714. The zero-order chi connectivity index (χ0) is 9.71. The minimum atomic E-state index is 0.00463. The van der Waals surface area contributed by atoms with E-state index in [2.05, 4.69) is 27.5 Å². The summed E-state index contributed by atoms with van der Waals surface area (Å²) >= 11 is 1.81. The summed E-state index contributed by atoms with van der Waals surface area (Å²) in [5, 5.41) is 14.5. The predicted octanol–water partition coefficient (Wildman–Crippen LogP) is -0.0655. The van der Waals surface area contributed by atoms with Crippen LogP contribution in [0.4, 0.5) is 0 Å². The molecule has 1 N–H and O–H groups in total. The van der Waals surface area contributed by atoms with E-state index < -0.39 is 0 Å². The molecular weight excluding hydrogens is 202 g/mol. The molecule has 1 aromatic rings. The zero-order valence-corrected chi connectivity index (χ0v) is 8.36. The van der Waals surface area contributed by atoms with E-state index in [0.29, 0.717) is 22.9 Å². The summed E-state index contributed by atoms with van der Waals surface area (Å²) in [6.07, 6.45) is 0.656. The number of thioether (sulfide) groups is 1. The van der Waals surface area contributed by atoms with E-state index in [9.17, 15) is 4.79 Å². The molecule has 2 saturated heterocycles. The standard InChI is InChI=1S/C7H9N5OS/c1-3-6(7-8-10-11-9-7)12-4(13)2-5(12)14-3/h3,5-6H,2H2,1H3,(H,8,9,10,11)/t3?,5-,6?/m1/s1. The van der Waals surface area contributed by atoms with E-state index >= 15 is 0 Å². The van der Waals surface area contributed by atoms with Crippen molar-refractivity contribution in [3.05, 3.63) is 5.82 Å². The van der Waals surface area contributed by atoms with Crippen LogP contribution in [0.5, 0.6) is 0 Å². The normalized spacial score (nSPS) is 35.6. The van der Waals surface area contributed by atoms with Crippen LogP contribution >= 0.6 is 11.8 Å². The largest absolute Gasteiger partial charge is 0.319 e. The number of nitrogens with one attached hydrogen (secondary N) is 1. The summed E-state index contributed by atoms with van der Waals surface area (Å²) in [5.41, 5.74) is 0. The lowest BCUT2D eigenvalue weighted by molar-refractivity contribution is -0.144. The van der Waals surface area contributed by atoms with E-state index in [1.807, 2.05) is 16.7 Å². The number of aromatic nitrogens is 4. The average molecular weight is 211 g/mol. The highest BCUT2D eigenvalue weighted by Gasteiger charge is 2.52. The highest BCUT2D eigenvalue weighted by Crippen LogP contribution is 2.49. The maximum atomic E-state index is 11.4. The van der Waals surface area contributed by atoms with Crippen molar-refractivity contribution in [3.8, 4) is 0 Å². The lowest BCUT2D eigenvalue weighted by Gasteiger charge is -2.36. The van der Waals surface area contributed by atoms with Gasteiger partial charge in [0.25, 0.3) is 0 Å². The summed E-state index contributed by atoms with van der Waals surface area (Å²) < 4.78 is 0. The molecule has 0 bridgehead atoms. The number of carbonyl (C=O) groups is 1. The van der Waals surface area contributed by atoms with Gasteiger partial charge in [0.1, 0.15) is 6.04 Å². The number of carbonyl (C=O) groups excluding carboxylic acids is 1. The first-order valence-electron chi connectivity index (χ1n) is 4.47. The fourth-order valence-electron chi connectivity index (χ4n) is 2.03. The number of β-lactam (4-membered cyclic amide) rings is 1. The summed E-state index contributed by atoms with van der Waals surface area (Å²) in [6.45, 7) is 2.09. The van der Waals surface area contributed by atoms with Gasteiger partial charge in [-0.25, -0.2) is 0 Å². The second kappa shape index (κ2) is 2.69. The smallest absolute Gasteiger partial charge is 0.227 e. The molecule has 0 aliphatic carbocycles. The van der Waals surface area contributed by atoms with Crippen LogP contribution < -0.4 is 0 Å². The number of hydrogen-bond donors (Lipinski definition) is 1. The molecule has 0 spiro atoms. The van der Waals surface area contributed by atoms with Crippen molar-refractivity contribution in [2.75, 3.05) is 0 Å². The molecule has 1 aromatic heterocycles. The summed E-state index contributed by atoms with van der Waals surface area (Å²) in [7, 11) is 0. The van der Waals surface area contributed by atoms with Gasteiger partial charge < -0.3 is 4.90 Å². The first kappa shape index (κ1) is 8.22. The van der Waals surface area contributed by atoms with Crippen molar-refractivity contribution in [3.63, 3.8) is 0 Å². The molecule has 14 heavy (non-hydrogen) atoms. The molecule has 7 heteroatoms. The second-order valence-corrected chi connectivity index (χ2v) is 5.08. The minimum absolute atomic E-state index is 0.00463. The fourth-order valence-corrected chi connectivity index (χ4v) is 3.54. The topological polar surface area (TPSA) is 74.8 Å². The van der Waals surface area contributed by atoms with Crippen LogP contribution in [0.15, 0.2) is 0 Å². The Bertz CT molecular complexity index is 366. The van der Waals surface area contributed by atoms with Gasteiger partial charge >= 0.3 is 0 Å². The van der Waals surface area contributed by atoms with Gasteiger partial charge in [-0.1, -0.05) is 12.1 Å². The molecule has 3 rings (SSSR count). The molecule has 3 atom stereocenters. The van der Waals surface area contributed by atoms with E-state index in [0.717, 1.165) is 0 Å². The SMILES string of the molecule is CC1S[C@@H]2CC(=O)N2C1c1nn[nH]n1. The number of amides is 1. The summed E-state index contributed by atoms with van der Waals surface area (Å²) in [4.78, 5) is 13.3. The Hall–Kier alpha value is -1.11. The average Bonchev–Trinajstić information content (AvgIpc) is 2.71. The summed E-state index contributed by atoms with van der Waals surface area (Å²) in [5.74, 6) is 0.821. The molecule has 2 aliphatic rings. The van der Waals surface area contributed by atoms with Crippen LogP contribution in [-0.4, -0.2) is 42.1 Å². The number of rotatable bonds is 1. The van der Waals surface area contributed by atoms with Crippen LogP contribution in [0.3, 0.4) is 0 Å². The monoisotopic (exact) mass is 211 g/mol. The number of nitrogens with zero attached hydrogens (tertiary/aromatic N) is 4. The predicted molar refractivity (Wildman–Crippen MR) is 49.2 cm³/mol. The Morgan fingerprint density at radius 1 is 1.64 bits per heavy atom. The Balaban J connectivity index is 1.94. The maximum Gasteiger partial charge on any atom is 0.227 e. The molecule has 2 fully saturated rings. The van der Waals surface area contributed by atoms with Gasteiger partial charge in [0.2, 0.25) is 5.91 Å². The van der Waals surface area contributed by atoms with Gasteiger partial charge in [-0.2, -0.15) is 5.21 Å². The van der Waals surface area contributed by atoms with Gasteiger partial charge in [0.15, 0.2) is 5.82 Å². The van der Waals surface area contributed by atoms with Gasteiger partial charge in [-0.3, -0.25) is 4.79 Å². The van der Waals surface area contributed by atoms with Crippen LogP contribution in [-0.2, 0) is 4.79 Å². The number of aromatic amines is 1. The zero-order valence-electron chi connectivity index (χ0n) is 7.54. The van der Waals surface area contributed by atoms with Gasteiger partial charge in [-0.15, -0.1) is 22.0 Å². The quantitative estimate of drug-likeness (QED) is 0.658. The van der Waals surface area contributed by atoms with Crippen LogP contribution in [0.25, 0.3) is 0 Å². The number of fused-ring (bicyclic) bond motifs is 1. The Labute approximate surface area is 84.4 Å². The molecule has 74 valence electrons. The molecule has 2 unspecified atom stereocenters. The minimum Gasteiger partial charge on any atom is -0.319 e. The van der Waals surface area contributed by atoms with Crippen molar-refractivity contribution >= 4 is 17.7 Å². The Kier molecular flexibility index (Phi) is 1.58. The van der Waals surface area contributed by atoms with Crippen LogP contribution in [0, 0.1) is 0 Å². The summed E-state index contributed by atoms with van der Waals surface area (Å²) in [6, 6.07) is 0.00463. The van der Waals surface area contributed by atoms with E-state index in [1.165, 1.54) is 0 Å². The molecule has 0 saturated carbocycles. The first-order valence-corrected chi connectivity index (χ1v) is 5.41. The number of hydrogen-bond acceptors (Lipinski definition) is 5. The first-order chi connectivity index (χ1) is 6.77. The maximum absolute atomic E-state index is 11.4. The third-order valence-electron chi connectivity index (χ3n) is 2.69. The van der Waals surface area contributed by atoms with Crippen LogP contribution in [0.1, 0.15) is 25.2 Å². The molecule has 0 aromatic carbocycles. The molecule has 2 aliphatic heterocycles. The number of H-pyrrole nitrogens is 1. The third kappa shape index (κ3) is 0.927. The molecule has 3 heterocycles. The van der Waals surface area contributed by atoms with E-state index in [-0.39, 0.29) is 11.9 Å². The van der Waals surface area contributed by atoms with Gasteiger partial charge in [-0.05, 0) is 0 Å². The lowest BCUT2D eigenvalue weighted by atomic mass is 10.1. The third-order valence-corrected chi connectivity index (χ3v) is 4.08. The Morgan fingerprint density at radius 2 is 2.50 bits per heavy atom. The van der Waals surface area contributed by atoms with Crippen molar-refractivity contribution < 1.29 is 4.79 Å². The van der Waals surface area contributed by atoms with Crippen LogP contribution in [0.2, 0.25) is 0 Å². The number of tetrazole rings is 1. The molecule has 0 radical (unpaired) electrons. The van der Waals surface area contributed by atoms with Crippen molar-refractivity contribution in [2.24, 2.45) is 0 Å². The van der Waals surface area contributed by atoms with Gasteiger partial charge in [0, 0.05) is 5.25 Å². The highest BCUT2D eigenvalue weighted by atomic mass is 32.2. The van der Waals surface area contributed by atoms with E-state index in [1.54, 1.807) is 0 Å². The molecular formula is C7H9N5OS.